The summed E-state index contributed by atoms with van der Waals surface area (Å²) in [7, 11) is 0. The molecule has 3 nitrogen and oxygen atoms in total. The summed E-state index contributed by atoms with van der Waals surface area (Å²) in [4.78, 5) is 11.6. The van der Waals surface area contributed by atoms with Crippen molar-refractivity contribution in [2.24, 2.45) is 4.99 Å². The van der Waals surface area contributed by atoms with E-state index in [1.165, 1.54) is 12.3 Å². The van der Waals surface area contributed by atoms with Crippen molar-refractivity contribution < 1.29 is 4.39 Å². The average molecular weight is 255 g/mol. The zero-order chi connectivity index (χ0) is 13.1. The number of hydrogen-bond donors (Lipinski definition) is 1. The molecule has 0 amide bonds. The first-order chi connectivity index (χ1) is 9.33. The smallest absolute Gasteiger partial charge is 0.142 e. The van der Waals surface area contributed by atoms with Crippen LogP contribution in [-0.4, -0.2) is 22.2 Å². The van der Waals surface area contributed by atoms with E-state index in [-0.39, 0.29) is 5.82 Å². The van der Waals surface area contributed by atoms with Crippen LogP contribution in [0.1, 0.15) is 24.1 Å². The van der Waals surface area contributed by atoms with Gasteiger partial charge in [0.25, 0.3) is 0 Å². The minimum Gasteiger partial charge on any atom is -0.362 e. The number of H-pyrrole nitrogens is 1. The highest BCUT2D eigenvalue weighted by atomic mass is 19.1. The second-order valence-electron chi connectivity index (χ2n) is 4.52. The third-order valence-electron chi connectivity index (χ3n) is 3.11. The zero-order valence-electron chi connectivity index (χ0n) is 10.4. The van der Waals surface area contributed by atoms with Gasteiger partial charge in [0.05, 0.1) is 11.9 Å². The van der Waals surface area contributed by atoms with Crippen molar-refractivity contribution in [1.29, 1.82) is 0 Å². The predicted octanol–water partition coefficient (Wildman–Crippen LogP) is 3.22. The Morgan fingerprint density at radius 3 is 3.05 bits per heavy atom. The molecule has 0 radical (unpaired) electrons. The number of pyridine rings is 1. The van der Waals surface area contributed by atoms with Crippen LogP contribution in [0.15, 0.2) is 47.4 Å². The van der Waals surface area contributed by atoms with E-state index in [1.807, 2.05) is 18.3 Å². The summed E-state index contributed by atoms with van der Waals surface area (Å²) in [6.07, 6.45) is 8.81. The highest BCUT2D eigenvalue weighted by Gasteiger charge is 2.15. The molecular weight excluding hydrogens is 241 g/mol. The van der Waals surface area contributed by atoms with Crippen LogP contribution in [0.4, 0.5) is 4.39 Å². The van der Waals surface area contributed by atoms with Crippen molar-refractivity contribution in [3.8, 4) is 0 Å². The van der Waals surface area contributed by atoms with Crippen LogP contribution in [-0.2, 0) is 0 Å². The second kappa shape index (κ2) is 5.18. The van der Waals surface area contributed by atoms with E-state index in [2.05, 4.69) is 21.0 Å². The van der Waals surface area contributed by atoms with Crippen LogP contribution >= 0.6 is 0 Å². The Hall–Kier alpha value is -2.23. The van der Waals surface area contributed by atoms with Gasteiger partial charge in [-0.05, 0) is 42.7 Å². The number of aromatic amines is 1. The normalized spacial score (nSPS) is 17.5. The molecule has 1 N–H and O–H groups in total. The van der Waals surface area contributed by atoms with E-state index >= 15 is 0 Å². The Labute approximate surface area is 110 Å². The number of nitrogens with one attached hydrogen (secondary N) is 1. The van der Waals surface area contributed by atoms with Gasteiger partial charge in [0.1, 0.15) is 5.82 Å². The molecular formula is C15H14FN3. The molecule has 0 spiro atoms. The van der Waals surface area contributed by atoms with Crippen molar-refractivity contribution in [2.75, 3.05) is 6.54 Å². The number of aromatic nitrogens is 2. The van der Waals surface area contributed by atoms with Crippen LogP contribution in [0.25, 0.3) is 6.08 Å². The minimum absolute atomic E-state index is 0.329. The maximum atomic E-state index is 13.3. The fourth-order valence-electron chi connectivity index (χ4n) is 2.26. The molecule has 96 valence electrons. The van der Waals surface area contributed by atoms with Gasteiger partial charge in [-0.25, -0.2) is 4.39 Å². The van der Waals surface area contributed by atoms with Crippen LogP contribution < -0.4 is 0 Å². The first kappa shape index (κ1) is 11.8. The van der Waals surface area contributed by atoms with Crippen molar-refractivity contribution in [1.82, 2.24) is 9.97 Å². The largest absolute Gasteiger partial charge is 0.362 e. The maximum absolute atomic E-state index is 13.3. The van der Waals surface area contributed by atoms with Crippen LogP contribution in [0.5, 0.6) is 0 Å². The fourth-order valence-corrected chi connectivity index (χ4v) is 2.26. The van der Waals surface area contributed by atoms with Crippen molar-refractivity contribution in [3.63, 3.8) is 0 Å². The van der Waals surface area contributed by atoms with Crippen LogP contribution in [0, 0.1) is 5.82 Å². The van der Waals surface area contributed by atoms with E-state index in [0.717, 1.165) is 41.9 Å². The molecule has 4 heteroatoms. The number of halogens is 1. The lowest BCUT2D eigenvalue weighted by molar-refractivity contribution is 0.621. The molecule has 0 saturated heterocycles. The highest BCUT2D eigenvalue weighted by Crippen LogP contribution is 2.21. The third kappa shape index (κ3) is 2.62. The summed E-state index contributed by atoms with van der Waals surface area (Å²) >= 11 is 0. The molecule has 0 unspecified atom stereocenters. The molecule has 2 aromatic heterocycles. The number of nitrogens with zero attached hydrogens (tertiary/aromatic N) is 2. The quantitative estimate of drug-likeness (QED) is 0.879. The number of allylic oxidation sites excluding steroid dienone is 1. The molecule has 1 aliphatic heterocycles. The summed E-state index contributed by atoms with van der Waals surface area (Å²) < 4.78 is 13.3. The van der Waals surface area contributed by atoms with Gasteiger partial charge in [-0.1, -0.05) is 0 Å². The minimum atomic E-state index is -0.329. The molecule has 1 aliphatic rings. The van der Waals surface area contributed by atoms with Gasteiger partial charge in [-0.3, -0.25) is 9.98 Å². The Bertz CT molecular complexity index is 627. The molecule has 3 heterocycles. The summed E-state index contributed by atoms with van der Waals surface area (Å²) in [6.45, 7) is 0.786. The van der Waals surface area contributed by atoms with Crippen LogP contribution in [0.2, 0.25) is 0 Å². The van der Waals surface area contributed by atoms with E-state index < -0.39 is 0 Å². The Morgan fingerprint density at radius 1 is 1.32 bits per heavy atom. The van der Waals surface area contributed by atoms with E-state index in [1.54, 1.807) is 6.20 Å². The molecule has 2 aromatic rings. The summed E-state index contributed by atoms with van der Waals surface area (Å²) in [5, 5.41) is 0. The maximum Gasteiger partial charge on any atom is 0.142 e. The van der Waals surface area contributed by atoms with E-state index in [4.69, 9.17) is 0 Å². The third-order valence-corrected chi connectivity index (χ3v) is 3.11. The summed E-state index contributed by atoms with van der Waals surface area (Å²) in [6, 6.07) is 5.44. The fraction of sp³-hybridized carbons (Fsp3) is 0.200. The number of hydrogen-bond acceptors (Lipinski definition) is 2. The summed E-state index contributed by atoms with van der Waals surface area (Å²) in [5.41, 5.74) is 3.76. The standard InChI is InChI=1S/C15H14FN3/c16-13-7-12(9-17-10-13)15-11(3-1-6-19-15)8-14-4-2-5-18-14/h2,4-5,7-10,18H,1,3,6H2. The second-order valence-corrected chi connectivity index (χ2v) is 4.52. The van der Waals surface area contributed by atoms with Gasteiger partial charge < -0.3 is 4.98 Å². The van der Waals surface area contributed by atoms with Gasteiger partial charge in [-0.15, -0.1) is 0 Å². The van der Waals surface area contributed by atoms with Crippen LogP contribution in [0.3, 0.4) is 0 Å². The summed E-state index contributed by atoms with van der Waals surface area (Å²) in [5.74, 6) is -0.329. The number of rotatable bonds is 2. The SMILES string of the molecule is Fc1cncc(C2=NCCCC2=Cc2ccc[nH]2)c1. The van der Waals surface area contributed by atoms with Gasteiger partial charge in [0, 0.05) is 30.2 Å². The van der Waals surface area contributed by atoms with Gasteiger partial charge >= 0.3 is 0 Å². The van der Waals surface area contributed by atoms with Gasteiger partial charge in [-0.2, -0.15) is 0 Å². The van der Waals surface area contributed by atoms with Gasteiger partial charge in [0.2, 0.25) is 0 Å². The molecule has 0 aromatic carbocycles. The Balaban J connectivity index is 2.00. The lowest BCUT2D eigenvalue weighted by Gasteiger charge is -2.16. The highest BCUT2D eigenvalue weighted by molar-refractivity contribution is 6.15. The Morgan fingerprint density at radius 2 is 2.26 bits per heavy atom. The molecule has 3 rings (SSSR count). The molecule has 0 aliphatic carbocycles. The number of aliphatic imine (C=N–C) groups is 1. The molecule has 19 heavy (non-hydrogen) atoms. The molecule has 0 atom stereocenters. The molecule has 0 saturated carbocycles. The van der Waals surface area contributed by atoms with Crippen molar-refractivity contribution in [2.45, 2.75) is 12.8 Å². The van der Waals surface area contributed by atoms with E-state index in [9.17, 15) is 4.39 Å². The lowest BCUT2D eigenvalue weighted by atomic mass is 9.96. The average Bonchev–Trinajstić information content (AvgIpc) is 2.92. The first-order valence-electron chi connectivity index (χ1n) is 6.32. The lowest BCUT2D eigenvalue weighted by Crippen LogP contribution is -2.12. The predicted molar refractivity (Wildman–Crippen MR) is 73.6 cm³/mol. The molecule has 0 bridgehead atoms. The zero-order valence-corrected chi connectivity index (χ0v) is 10.4. The Kier molecular flexibility index (Phi) is 3.23. The van der Waals surface area contributed by atoms with Crippen molar-refractivity contribution in [3.05, 3.63) is 59.4 Å². The van der Waals surface area contributed by atoms with E-state index in [0.29, 0.717) is 0 Å². The van der Waals surface area contributed by atoms with Gasteiger partial charge in [0.15, 0.2) is 0 Å². The molecule has 0 fully saturated rings. The first-order valence-corrected chi connectivity index (χ1v) is 6.32. The van der Waals surface area contributed by atoms with Crippen molar-refractivity contribution >= 4 is 11.8 Å². The topological polar surface area (TPSA) is 41.0 Å². The monoisotopic (exact) mass is 255 g/mol.